The lowest BCUT2D eigenvalue weighted by Crippen LogP contribution is -1.98. The summed E-state index contributed by atoms with van der Waals surface area (Å²) in [7, 11) is 0. The lowest BCUT2D eigenvalue weighted by molar-refractivity contribution is 0.669. The Bertz CT molecular complexity index is 492. The van der Waals surface area contributed by atoms with Crippen LogP contribution in [-0.4, -0.2) is 19.7 Å². The molecule has 2 rings (SSSR count). The zero-order chi connectivity index (χ0) is 10.3. The molecule has 0 N–H and O–H groups in total. The van der Waals surface area contributed by atoms with E-state index in [4.69, 9.17) is 23.2 Å². The lowest BCUT2D eigenvalue weighted by Gasteiger charge is -1.97. The minimum Gasteiger partial charge on any atom is -0.247 e. The van der Waals surface area contributed by atoms with E-state index in [0.29, 0.717) is 10.8 Å². The number of aromatic nitrogens is 4. The summed E-state index contributed by atoms with van der Waals surface area (Å²) >= 11 is 11.7. The van der Waals surface area contributed by atoms with E-state index < -0.39 is 0 Å². The number of hydrogen-bond acceptors (Lipinski definition) is 3. The van der Waals surface area contributed by atoms with Gasteiger partial charge in [0.1, 0.15) is 5.15 Å². The van der Waals surface area contributed by atoms with Crippen LogP contribution in [0.4, 0.5) is 0 Å². The van der Waals surface area contributed by atoms with Crippen molar-refractivity contribution in [3.8, 4) is 0 Å². The topological polar surface area (TPSA) is 43.6 Å². The van der Waals surface area contributed by atoms with Crippen molar-refractivity contribution < 1.29 is 0 Å². The minimum absolute atomic E-state index is 0.150. The summed E-state index contributed by atoms with van der Waals surface area (Å²) in [5, 5.41) is 5.57. The van der Waals surface area contributed by atoms with Crippen molar-refractivity contribution in [3.05, 3.63) is 16.1 Å². The maximum absolute atomic E-state index is 5.95. The number of fused-ring (bicyclic) bond motifs is 1. The molecule has 2 aromatic rings. The van der Waals surface area contributed by atoms with Crippen molar-refractivity contribution in [2.45, 2.75) is 20.4 Å². The number of rotatable bonds is 1. The molecule has 0 amide bonds. The van der Waals surface area contributed by atoms with Crippen LogP contribution >= 0.6 is 23.2 Å². The summed E-state index contributed by atoms with van der Waals surface area (Å²) in [5.41, 5.74) is 1.51. The van der Waals surface area contributed by atoms with Gasteiger partial charge in [-0.2, -0.15) is 10.1 Å². The van der Waals surface area contributed by atoms with Gasteiger partial charge in [0.25, 0.3) is 0 Å². The van der Waals surface area contributed by atoms with Gasteiger partial charge in [-0.15, -0.1) is 0 Å². The van der Waals surface area contributed by atoms with Gasteiger partial charge in [0.05, 0.1) is 11.1 Å². The molecular formula is C8H8Cl2N4. The van der Waals surface area contributed by atoms with Crippen LogP contribution in [0.15, 0.2) is 0 Å². The zero-order valence-electron chi connectivity index (χ0n) is 7.75. The summed E-state index contributed by atoms with van der Waals surface area (Å²) < 4.78 is 1.75. The number of aryl methyl sites for hydroxylation is 2. The van der Waals surface area contributed by atoms with E-state index in [1.54, 1.807) is 4.68 Å². The van der Waals surface area contributed by atoms with Crippen LogP contribution in [0, 0.1) is 6.92 Å². The maximum atomic E-state index is 5.95. The van der Waals surface area contributed by atoms with Crippen LogP contribution in [0.3, 0.4) is 0 Å². The summed E-state index contributed by atoms with van der Waals surface area (Å²) in [6, 6.07) is 0. The molecule has 14 heavy (non-hydrogen) atoms. The van der Waals surface area contributed by atoms with Gasteiger partial charge in [-0.1, -0.05) is 11.6 Å². The first kappa shape index (κ1) is 9.68. The monoisotopic (exact) mass is 230 g/mol. The molecule has 6 heteroatoms. The second kappa shape index (κ2) is 3.37. The van der Waals surface area contributed by atoms with Crippen molar-refractivity contribution >= 4 is 34.2 Å². The summed E-state index contributed by atoms with van der Waals surface area (Å²) in [5.74, 6) is 0. The molecule has 0 saturated heterocycles. The largest absolute Gasteiger partial charge is 0.247 e. The van der Waals surface area contributed by atoms with E-state index in [9.17, 15) is 0 Å². The lowest BCUT2D eigenvalue weighted by atomic mass is 10.3. The average Bonchev–Trinajstić information content (AvgIpc) is 2.42. The number of halogens is 2. The predicted molar refractivity (Wildman–Crippen MR) is 55.8 cm³/mol. The second-order valence-corrected chi connectivity index (χ2v) is 3.58. The molecular weight excluding hydrogens is 223 g/mol. The van der Waals surface area contributed by atoms with Crippen LogP contribution < -0.4 is 0 Å². The van der Waals surface area contributed by atoms with Gasteiger partial charge in [-0.25, -0.2) is 9.67 Å². The fourth-order valence-corrected chi connectivity index (χ4v) is 1.90. The van der Waals surface area contributed by atoms with Crippen molar-refractivity contribution in [1.29, 1.82) is 0 Å². The Morgan fingerprint density at radius 1 is 1.29 bits per heavy atom. The minimum atomic E-state index is 0.150. The molecule has 0 atom stereocenters. The van der Waals surface area contributed by atoms with E-state index in [2.05, 4.69) is 15.1 Å². The highest BCUT2D eigenvalue weighted by Gasteiger charge is 2.13. The normalized spacial score (nSPS) is 11.1. The fraction of sp³-hybridized carbons (Fsp3) is 0.375. The summed E-state index contributed by atoms with van der Waals surface area (Å²) in [4.78, 5) is 7.98. The van der Waals surface area contributed by atoms with Gasteiger partial charge < -0.3 is 0 Å². The van der Waals surface area contributed by atoms with Gasteiger partial charge in [0.15, 0.2) is 5.65 Å². The quantitative estimate of drug-likeness (QED) is 0.559. The predicted octanol–water partition coefficient (Wildman–Crippen LogP) is 2.46. The van der Waals surface area contributed by atoms with Crippen molar-refractivity contribution in [2.75, 3.05) is 0 Å². The van der Waals surface area contributed by atoms with Gasteiger partial charge in [0.2, 0.25) is 5.28 Å². The molecule has 0 aliphatic rings. The van der Waals surface area contributed by atoms with Crippen molar-refractivity contribution in [3.63, 3.8) is 0 Å². The number of hydrogen-bond donors (Lipinski definition) is 0. The summed E-state index contributed by atoms with van der Waals surface area (Å²) in [6.07, 6.45) is 0. The molecule has 0 spiro atoms. The van der Waals surface area contributed by atoms with Gasteiger partial charge in [-0.05, 0) is 25.4 Å². The Kier molecular flexibility index (Phi) is 2.33. The molecule has 0 aliphatic carbocycles. The maximum Gasteiger partial charge on any atom is 0.225 e. The molecule has 0 bridgehead atoms. The molecule has 74 valence electrons. The third-order valence-electron chi connectivity index (χ3n) is 2.00. The third-order valence-corrected chi connectivity index (χ3v) is 2.44. The Hall–Kier alpha value is -0.870. The second-order valence-electron chi connectivity index (χ2n) is 2.88. The molecule has 0 aliphatic heterocycles. The highest BCUT2D eigenvalue weighted by Crippen LogP contribution is 2.24. The smallest absolute Gasteiger partial charge is 0.225 e. The number of nitrogens with zero attached hydrogens (tertiary/aromatic N) is 4. The van der Waals surface area contributed by atoms with Gasteiger partial charge >= 0.3 is 0 Å². The van der Waals surface area contributed by atoms with Crippen LogP contribution in [-0.2, 0) is 6.54 Å². The highest BCUT2D eigenvalue weighted by atomic mass is 35.5. The van der Waals surface area contributed by atoms with E-state index in [0.717, 1.165) is 17.6 Å². The van der Waals surface area contributed by atoms with E-state index in [1.165, 1.54) is 0 Å². The Balaban J connectivity index is 2.89. The first-order valence-electron chi connectivity index (χ1n) is 4.19. The molecule has 2 heterocycles. The Morgan fingerprint density at radius 2 is 2.00 bits per heavy atom. The third kappa shape index (κ3) is 1.35. The first-order valence-corrected chi connectivity index (χ1v) is 4.95. The molecule has 0 unspecified atom stereocenters. The fourth-order valence-electron chi connectivity index (χ4n) is 1.39. The van der Waals surface area contributed by atoms with E-state index in [-0.39, 0.29) is 5.28 Å². The summed E-state index contributed by atoms with van der Waals surface area (Å²) in [6.45, 7) is 4.58. The van der Waals surface area contributed by atoms with Crippen LogP contribution in [0.25, 0.3) is 11.0 Å². The van der Waals surface area contributed by atoms with Crippen molar-refractivity contribution in [1.82, 2.24) is 19.7 Å². The zero-order valence-corrected chi connectivity index (χ0v) is 9.26. The molecule has 0 radical (unpaired) electrons. The van der Waals surface area contributed by atoms with Crippen LogP contribution in [0.2, 0.25) is 10.4 Å². The van der Waals surface area contributed by atoms with Crippen molar-refractivity contribution in [2.24, 2.45) is 0 Å². The molecule has 0 fully saturated rings. The molecule has 0 saturated carbocycles. The van der Waals surface area contributed by atoms with E-state index >= 15 is 0 Å². The van der Waals surface area contributed by atoms with E-state index in [1.807, 2.05) is 13.8 Å². The molecule has 2 aromatic heterocycles. The Morgan fingerprint density at radius 3 is 2.64 bits per heavy atom. The average molecular weight is 231 g/mol. The molecule has 4 nitrogen and oxygen atoms in total. The first-order chi connectivity index (χ1) is 6.63. The van der Waals surface area contributed by atoms with Gasteiger partial charge in [-0.3, -0.25) is 0 Å². The van der Waals surface area contributed by atoms with Crippen LogP contribution in [0.1, 0.15) is 12.6 Å². The van der Waals surface area contributed by atoms with Gasteiger partial charge in [0, 0.05) is 6.54 Å². The Labute approximate surface area is 90.9 Å². The molecule has 0 aromatic carbocycles. The SMILES string of the molecule is CCn1nc(C)c2c(Cl)nc(Cl)nc21. The van der Waals surface area contributed by atoms with Crippen LogP contribution in [0.5, 0.6) is 0 Å². The highest BCUT2D eigenvalue weighted by molar-refractivity contribution is 6.35. The standard InChI is InChI=1S/C8H8Cl2N4/c1-3-14-7-5(4(2)13-14)6(9)11-8(10)12-7/h3H2,1-2H3.